The zero-order chi connectivity index (χ0) is 16.8. The van der Waals surface area contributed by atoms with Crippen molar-refractivity contribution in [2.24, 2.45) is 0 Å². The Balaban J connectivity index is 2.41. The van der Waals surface area contributed by atoms with Gasteiger partial charge in [0.15, 0.2) is 5.60 Å². The van der Waals surface area contributed by atoms with Gasteiger partial charge in [-0.3, -0.25) is 0 Å². The fraction of sp³-hybridized carbons (Fsp3) is 0.333. The van der Waals surface area contributed by atoms with Crippen molar-refractivity contribution >= 4 is 0 Å². The van der Waals surface area contributed by atoms with Gasteiger partial charge in [-0.15, -0.1) is 0 Å². The molecular formula is C21H26NO+. The number of hydrogen-bond acceptors (Lipinski definition) is 1. The Hall–Kier alpha value is -2.08. The molecule has 0 aliphatic carbocycles. The molecule has 2 nitrogen and oxygen atoms in total. The Labute approximate surface area is 140 Å². The van der Waals surface area contributed by atoms with Gasteiger partial charge in [-0.25, -0.2) is 0 Å². The molecule has 2 aromatic rings. The van der Waals surface area contributed by atoms with Crippen LogP contribution in [0.2, 0.25) is 0 Å². The Morgan fingerprint density at radius 3 is 1.70 bits per heavy atom. The van der Waals surface area contributed by atoms with Gasteiger partial charge in [-0.05, 0) is 19.8 Å². The summed E-state index contributed by atoms with van der Waals surface area (Å²) in [4.78, 5) is 0. The van der Waals surface area contributed by atoms with Crippen molar-refractivity contribution in [3.05, 3.63) is 71.8 Å². The van der Waals surface area contributed by atoms with E-state index in [1.165, 1.54) is 0 Å². The first-order valence-corrected chi connectivity index (χ1v) is 8.21. The van der Waals surface area contributed by atoms with E-state index in [4.69, 9.17) is 0 Å². The van der Waals surface area contributed by atoms with Crippen LogP contribution < -0.4 is 0 Å². The van der Waals surface area contributed by atoms with Gasteiger partial charge in [-0.1, -0.05) is 66.6 Å². The molecule has 2 rings (SSSR count). The van der Waals surface area contributed by atoms with E-state index >= 15 is 0 Å². The summed E-state index contributed by atoms with van der Waals surface area (Å²) >= 11 is 0. The van der Waals surface area contributed by atoms with Crippen molar-refractivity contribution in [3.8, 4) is 11.8 Å². The van der Waals surface area contributed by atoms with E-state index in [1.54, 1.807) is 0 Å². The standard InChI is InChI=1S/C21H26NO/c1-4-22(3,5-2)18-12-17-21(23,19-13-8-6-9-14-19)20-15-10-7-11-16-20/h6-11,13-16,23H,4-5,18H2,1-3H3/q+1. The largest absolute Gasteiger partial charge is 0.369 e. The van der Waals surface area contributed by atoms with Gasteiger partial charge >= 0.3 is 0 Å². The van der Waals surface area contributed by atoms with Crippen LogP contribution in [-0.4, -0.2) is 36.3 Å². The summed E-state index contributed by atoms with van der Waals surface area (Å²) in [6, 6.07) is 19.3. The minimum Gasteiger partial charge on any atom is -0.369 e. The van der Waals surface area contributed by atoms with Crippen LogP contribution >= 0.6 is 0 Å². The molecule has 0 atom stereocenters. The summed E-state index contributed by atoms with van der Waals surface area (Å²) in [6.07, 6.45) is 0. The third kappa shape index (κ3) is 4.01. The SMILES string of the molecule is CC[N+](C)(CC)CC#CC(O)(c1ccccc1)c1ccccc1. The molecule has 0 unspecified atom stereocenters. The highest BCUT2D eigenvalue weighted by molar-refractivity contribution is 5.44. The molecule has 0 aliphatic rings. The number of benzene rings is 2. The Morgan fingerprint density at radius 1 is 0.870 bits per heavy atom. The molecule has 0 aromatic heterocycles. The molecule has 0 amide bonds. The lowest BCUT2D eigenvalue weighted by atomic mass is 9.87. The van der Waals surface area contributed by atoms with Crippen LogP contribution in [0.25, 0.3) is 0 Å². The predicted octanol–water partition coefficient (Wildman–Crippen LogP) is 3.41. The van der Waals surface area contributed by atoms with Crippen LogP contribution in [0.3, 0.4) is 0 Å². The molecule has 0 heterocycles. The maximum absolute atomic E-state index is 11.3. The van der Waals surface area contributed by atoms with Crippen molar-refractivity contribution in [2.75, 3.05) is 26.7 Å². The second-order valence-electron chi connectivity index (χ2n) is 6.15. The first-order valence-electron chi connectivity index (χ1n) is 8.21. The maximum Gasteiger partial charge on any atom is 0.177 e. The Morgan fingerprint density at radius 2 is 1.30 bits per heavy atom. The molecule has 0 fully saturated rings. The molecule has 0 aliphatic heterocycles. The number of rotatable bonds is 5. The van der Waals surface area contributed by atoms with Gasteiger partial charge in [0.1, 0.15) is 6.54 Å². The lowest BCUT2D eigenvalue weighted by Gasteiger charge is -2.30. The quantitative estimate of drug-likeness (QED) is 0.663. The maximum atomic E-state index is 11.3. The Bertz CT molecular complexity index is 624. The summed E-state index contributed by atoms with van der Waals surface area (Å²) < 4.78 is 0.882. The van der Waals surface area contributed by atoms with Gasteiger partial charge in [-0.2, -0.15) is 0 Å². The number of nitrogens with zero attached hydrogens (tertiary/aromatic N) is 1. The van der Waals surface area contributed by atoms with E-state index in [0.29, 0.717) is 0 Å². The highest BCUT2D eigenvalue weighted by Crippen LogP contribution is 2.28. The summed E-state index contributed by atoms with van der Waals surface area (Å²) in [5.74, 6) is 6.38. The summed E-state index contributed by atoms with van der Waals surface area (Å²) in [5, 5.41) is 11.3. The third-order valence-corrected chi connectivity index (χ3v) is 4.64. The smallest absolute Gasteiger partial charge is 0.177 e. The molecule has 0 spiro atoms. The summed E-state index contributed by atoms with van der Waals surface area (Å²) in [5.41, 5.74) is 0.344. The first-order chi connectivity index (χ1) is 11.0. The van der Waals surface area contributed by atoms with Crippen LogP contribution in [-0.2, 0) is 5.60 Å². The van der Waals surface area contributed by atoms with Gasteiger partial charge in [0, 0.05) is 11.1 Å². The lowest BCUT2D eigenvalue weighted by Crippen LogP contribution is -2.43. The number of hydrogen-bond donors (Lipinski definition) is 1. The molecule has 0 saturated heterocycles. The predicted molar refractivity (Wildman–Crippen MR) is 95.8 cm³/mol. The molecular weight excluding hydrogens is 282 g/mol. The topological polar surface area (TPSA) is 20.2 Å². The second-order valence-corrected chi connectivity index (χ2v) is 6.15. The average Bonchev–Trinajstić information content (AvgIpc) is 2.63. The van der Waals surface area contributed by atoms with Gasteiger partial charge < -0.3 is 9.59 Å². The van der Waals surface area contributed by atoms with Crippen molar-refractivity contribution in [2.45, 2.75) is 19.4 Å². The number of quaternary nitrogens is 1. The fourth-order valence-corrected chi connectivity index (χ4v) is 2.48. The molecule has 0 saturated carbocycles. The van der Waals surface area contributed by atoms with Gasteiger partial charge in [0.25, 0.3) is 0 Å². The zero-order valence-corrected chi connectivity index (χ0v) is 14.3. The Kier molecular flexibility index (Phi) is 5.60. The monoisotopic (exact) mass is 308 g/mol. The van der Waals surface area contributed by atoms with Crippen LogP contribution in [0.4, 0.5) is 0 Å². The molecule has 0 radical (unpaired) electrons. The van der Waals surface area contributed by atoms with Crippen molar-refractivity contribution in [3.63, 3.8) is 0 Å². The average molecular weight is 308 g/mol. The molecule has 2 heteroatoms. The van der Waals surface area contributed by atoms with Crippen LogP contribution in [0.1, 0.15) is 25.0 Å². The minimum absolute atomic E-state index is 0.731. The van der Waals surface area contributed by atoms with Crippen LogP contribution in [0.5, 0.6) is 0 Å². The van der Waals surface area contributed by atoms with Crippen LogP contribution in [0.15, 0.2) is 60.7 Å². The molecule has 0 bridgehead atoms. The third-order valence-electron chi connectivity index (χ3n) is 4.64. The normalized spacial score (nSPS) is 11.7. The second kappa shape index (κ2) is 7.46. The van der Waals surface area contributed by atoms with Crippen molar-refractivity contribution in [1.29, 1.82) is 0 Å². The first kappa shape index (κ1) is 17.3. The van der Waals surface area contributed by atoms with Crippen LogP contribution in [0, 0.1) is 11.8 Å². The van der Waals surface area contributed by atoms with E-state index in [1.807, 2.05) is 60.7 Å². The molecule has 1 N–H and O–H groups in total. The summed E-state index contributed by atoms with van der Waals surface area (Å²) in [6.45, 7) is 7.13. The minimum atomic E-state index is -1.27. The highest BCUT2D eigenvalue weighted by atomic mass is 16.3. The van der Waals surface area contributed by atoms with E-state index in [-0.39, 0.29) is 0 Å². The van der Waals surface area contributed by atoms with Gasteiger partial charge in [0.05, 0.1) is 20.1 Å². The zero-order valence-electron chi connectivity index (χ0n) is 14.3. The molecule has 23 heavy (non-hydrogen) atoms. The highest BCUT2D eigenvalue weighted by Gasteiger charge is 2.29. The molecule has 120 valence electrons. The molecule has 2 aromatic carbocycles. The van der Waals surface area contributed by atoms with E-state index in [2.05, 4.69) is 32.7 Å². The van der Waals surface area contributed by atoms with E-state index < -0.39 is 5.60 Å². The van der Waals surface area contributed by atoms with Crippen molar-refractivity contribution in [1.82, 2.24) is 0 Å². The van der Waals surface area contributed by atoms with E-state index in [0.717, 1.165) is 35.2 Å². The fourth-order valence-electron chi connectivity index (χ4n) is 2.48. The number of aliphatic hydroxyl groups is 1. The van der Waals surface area contributed by atoms with Crippen molar-refractivity contribution < 1.29 is 9.59 Å². The van der Waals surface area contributed by atoms with E-state index in [9.17, 15) is 5.11 Å². The van der Waals surface area contributed by atoms with Gasteiger partial charge in [0.2, 0.25) is 0 Å². The lowest BCUT2D eigenvalue weighted by molar-refractivity contribution is -0.899. The summed E-state index contributed by atoms with van der Waals surface area (Å²) in [7, 11) is 2.19.